The minimum atomic E-state index is 0.195. The molecule has 0 saturated carbocycles. The summed E-state index contributed by atoms with van der Waals surface area (Å²) in [7, 11) is 0. The highest BCUT2D eigenvalue weighted by Gasteiger charge is 2.05. The molecule has 0 aliphatic carbocycles. The predicted octanol–water partition coefficient (Wildman–Crippen LogP) is 3.41. The minimum Gasteiger partial charge on any atom is -0.299 e. The van der Waals surface area contributed by atoms with E-state index < -0.39 is 0 Å². The summed E-state index contributed by atoms with van der Waals surface area (Å²) in [6, 6.07) is 0. The summed E-state index contributed by atoms with van der Waals surface area (Å²) in [6.45, 7) is 7.00. The maximum atomic E-state index is 11.4. The van der Waals surface area contributed by atoms with Crippen molar-refractivity contribution in [2.24, 2.45) is 5.92 Å². The summed E-state index contributed by atoms with van der Waals surface area (Å²) in [5.74, 6) is 0.592. The van der Waals surface area contributed by atoms with Gasteiger partial charge in [-0.3, -0.25) is 9.48 Å². The lowest BCUT2D eigenvalue weighted by atomic mass is 10.0. The molecule has 0 saturated heterocycles. The van der Waals surface area contributed by atoms with Crippen molar-refractivity contribution in [3.63, 3.8) is 0 Å². The van der Waals surface area contributed by atoms with Crippen LogP contribution in [0.4, 0.5) is 0 Å². The van der Waals surface area contributed by atoms with Crippen molar-refractivity contribution in [1.29, 1.82) is 0 Å². The molecule has 0 aliphatic heterocycles. The zero-order chi connectivity index (χ0) is 14.1. The Hall–Kier alpha value is -1.19. The summed E-state index contributed by atoms with van der Waals surface area (Å²) >= 11 is 0. The van der Waals surface area contributed by atoms with Gasteiger partial charge in [-0.05, 0) is 19.3 Å². The van der Waals surface area contributed by atoms with Crippen LogP contribution in [-0.2, 0) is 17.8 Å². The van der Waals surface area contributed by atoms with Crippen LogP contribution in [0, 0.1) is 5.92 Å². The Morgan fingerprint density at radius 2 is 1.89 bits per heavy atom. The van der Waals surface area contributed by atoms with Crippen LogP contribution in [0.25, 0.3) is 0 Å². The van der Waals surface area contributed by atoms with Crippen molar-refractivity contribution in [1.82, 2.24) is 15.0 Å². The predicted molar refractivity (Wildman–Crippen MR) is 76.9 cm³/mol. The number of aryl methyl sites for hydroxylation is 2. The van der Waals surface area contributed by atoms with Crippen LogP contribution < -0.4 is 0 Å². The van der Waals surface area contributed by atoms with Crippen LogP contribution >= 0.6 is 0 Å². The maximum Gasteiger partial charge on any atom is 0.135 e. The van der Waals surface area contributed by atoms with Crippen LogP contribution in [-0.4, -0.2) is 20.8 Å². The van der Waals surface area contributed by atoms with E-state index in [2.05, 4.69) is 17.2 Å². The Balaban J connectivity index is 1.98. The highest BCUT2D eigenvalue weighted by atomic mass is 16.1. The van der Waals surface area contributed by atoms with Crippen LogP contribution in [0.2, 0.25) is 0 Å². The quantitative estimate of drug-likeness (QED) is 0.609. The van der Waals surface area contributed by atoms with Crippen molar-refractivity contribution >= 4 is 5.78 Å². The van der Waals surface area contributed by atoms with E-state index in [1.54, 1.807) is 0 Å². The molecule has 0 unspecified atom stereocenters. The molecular weight excluding hydrogens is 238 g/mol. The van der Waals surface area contributed by atoms with E-state index in [-0.39, 0.29) is 5.92 Å². The van der Waals surface area contributed by atoms with Crippen molar-refractivity contribution in [2.75, 3.05) is 0 Å². The topological polar surface area (TPSA) is 47.8 Å². The van der Waals surface area contributed by atoms with Gasteiger partial charge in [0.2, 0.25) is 0 Å². The molecule has 0 amide bonds. The van der Waals surface area contributed by atoms with Crippen LogP contribution in [0.3, 0.4) is 0 Å². The normalized spacial score (nSPS) is 11.2. The Morgan fingerprint density at radius 1 is 1.21 bits per heavy atom. The number of carbonyl (C=O) groups excluding carboxylic acids is 1. The molecule has 0 bridgehead atoms. The molecule has 1 aromatic heterocycles. The maximum absolute atomic E-state index is 11.4. The fraction of sp³-hybridized carbons (Fsp3) is 0.800. The zero-order valence-corrected chi connectivity index (χ0v) is 12.6. The first-order chi connectivity index (χ1) is 9.13. The van der Waals surface area contributed by atoms with Crippen molar-refractivity contribution in [2.45, 2.75) is 72.3 Å². The Morgan fingerprint density at radius 3 is 2.53 bits per heavy atom. The second-order valence-electron chi connectivity index (χ2n) is 5.47. The Bertz CT molecular complexity index is 371. The summed E-state index contributed by atoms with van der Waals surface area (Å²) in [4.78, 5) is 11.4. The number of unbranched alkanes of at least 4 members (excludes halogenated alkanes) is 4. The van der Waals surface area contributed by atoms with E-state index in [1.165, 1.54) is 12.8 Å². The third kappa shape index (κ3) is 6.50. The number of hydrogen-bond donors (Lipinski definition) is 0. The first-order valence-corrected chi connectivity index (χ1v) is 7.55. The average molecular weight is 265 g/mol. The molecule has 0 atom stereocenters. The first kappa shape index (κ1) is 15.9. The van der Waals surface area contributed by atoms with Crippen LogP contribution in [0.5, 0.6) is 0 Å². The van der Waals surface area contributed by atoms with Gasteiger partial charge in [0, 0.05) is 25.1 Å². The molecule has 108 valence electrons. The third-order valence-corrected chi connectivity index (χ3v) is 3.40. The van der Waals surface area contributed by atoms with Gasteiger partial charge in [-0.1, -0.05) is 45.2 Å². The Labute approximate surface area is 116 Å². The van der Waals surface area contributed by atoms with Gasteiger partial charge in [-0.25, -0.2) is 0 Å². The fourth-order valence-corrected chi connectivity index (χ4v) is 2.00. The van der Waals surface area contributed by atoms with E-state index in [9.17, 15) is 4.79 Å². The number of rotatable bonds is 10. The smallest absolute Gasteiger partial charge is 0.135 e. The van der Waals surface area contributed by atoms with Gasteiger partial charge in [0.1, 0.15) is 5.78 Å². The number of carbonyl (C=O) groups is 1. The lowest BCUT2D eigenvalue weighted by Gasteiger charge is -2.04. The molecule has 0 aliphatic rings. The summed E-state index contributed by atoms with van der Waals surface area (Å²) in [5, 5.41) is 8.16. The molecule has 1 rings (SSSR count). The van der Waals surface area contributed by atoms with E-state index in [1.807, 2.05) is 24.7 Å². The molecule has 0 spiro atoms. The van der Waals surface area contributed by atoms with Gasteiger partial charge in [-0.15, -0.1) is 5.10 Å². The van der Waals surface area contributed by atoms with Gasteiger partial charge in [0.15, 0.2) is 0 Å². The molecular formula is C15H27N3O. The van der Waals surface area contributed by atoms with Crippen molar-refractivity contribution in [3.05, 3.63) is 11.9 Å². The molecule has 19 heavy (non-hydrogen) atoms. The molecule has 4 nitrogen and oxygen atoms in total. The van der Waals surface area contributed by atoms with Gasteiger partial charge >= 0.3 is 0 Å². The van der Waals surface area contributed by atoms with Gasteiger partial charge in [-0.2, -0.15) is 0 Å². The van der Waals surface area contributed by atoms with Crippen molar-refractivity contribution < 1.29 is 4.79 Å². The Kier molecular flexibility index (Phi) is 7.38. The standard InChI is InChI=1S/C15H27N3O/c1-4-14-12-18(17-16-14)11-9-7-5-6-8-10-15(19)13(2)3/h12-13H,4-11H2,1-3H3. The molecule has 1 aromatic rings. The van der Waals surface area contributed by atoms with Gasteiger partial charge in [0.05, 0.1) is 5.69 Å². The molecule has 0 N–H and O–H groups in total. The largest absolute Gasteiger partial charge is 0.299 e. The van der Waals surface area contributed by atoms with Crippen LogP contribution in [0.15, 0.2) is 6.20 Å². The lowest BCUT2D eigenvalue weighted by Crippen LogP contribution is -2.06. The fourth-order valence-electron chi connectivity index (χ4n) is 2.00. The van der Waals surface area contributed by atoms with Gasteiger partial charge < -0.3 is 0 Å². The van der Waals surface area contributed by atoms with E-state index >= 15 is 0 Å². The lowest BCUT2D eigenvalue weighted by molar-refractivity contribution is -0.122. The van der Waals surface area contributed by atoms with Crippen molar-refractivity contribution in [3.8, 4) is 0 Å². The monoisotopic (exact) mass is 265 g/mol. The minimum absolute atomic E-state index is 0.195. The number of hydrogen-bond acceptors (Lipinski definition) is 3. The number of nitrogens with zero attached hydrogens (tertiary/aromatic N) is 3. The average Bonchev–Trinajstić information content (AvgIpc) is 2.85. The molecule has 0 aromatic carbocycles. The summed E-state index contributed by atoms with van der Waals surface area (Å²) in [5.41, 5.74) is 1.06. The molecule has 4 heteroatoms. The number of ketones is 1. The molecule has 0 radical (unpaired) electrons. The van der Waals surface area contributed by atoms with Crippen LogP contribution in [0.1, 0.15) is 65.0 Å². The van der Waals surface area contributed by atoms with E-state index in [0.717, 1.165) is 44.3 Å². The summed E-state index contributed by atoms with van der Waals surface area (Å²) in [6.07, 6.45) is 9.49. The third-order valence-electron chi connectivity index (χ3n) is 3.40. The second-order valence-corrected chi connectivity index (χ2v) is 5.47. The first-order valence-electron chi connectivity index (χ1n) is 7.55. The highest BCUT2D eigenvalue weighted by molar-refractivity contribution is 5.80. The zero-order valence-electron chi connectivity index (χ0n) is 12.6. The number of Topliss-reactive ketones (excluding diaryl/α,β-unsaturated/α-hetero) is 1. The SMILES string of the molecule is CCc1cn(CCCCCCCC(=O)C(C)C)nn1. The number of aromatic nitrogens is 3. The van der Waals surface area contributed by atoms with Gasteiger partial charge in [0.25, 0.3) is 0 Å². The van der Waals surface area contributed by atoms with E-state index in [4.69, 9.17) is 0 Å². The summed E-state index contributed by atoms with van der Waals surface area (Å²) < 4.78 is 1.93. The molecule has 1 heterocycles. The molecule has 0 fully saturated rings. The second kappa shape index (κ2) is 8.83. The highest BCUT2D eigenvalue weighted by Crippen LogP contribution is 2.09. The van der Waals surface area contributed by atoms with E-state index in [0.29, 0.717) is 5.78 Å².